The molecular formula is C13H18BrNO2. The van der Waals surface area contributed by atoms with E-state index in [0.717, 1.165) is 12.8 Å². The first kappa shape index (κ1) is 14.2. The standard InChI is InChI=1S/C13H18BrNO2/c1-2-3-4-5-6-9-17-13(16)11-7-8-12(14)15-10-11/h7-8,10H,2-6,9H2,1H3. The maximum absolute atomic E-state index is 11.6. The summed E-state index contributed by atoms with van der Waals surface area (Å²) in [7, 11) is 0. The summed E-state index contributed by atoms with van der Waals surface area (Å²) in [4.78, 5) is 15.6. The zero-order valence-electron chi connectivity index (χ0n) is 10.1. The van der Waals surface area contributed by atoms with Gasteiger partial charge >= 0.3 is 5.97 Å². The topological polar surface area (TPSA) is 39.2 Å². The van der Waals surface area contributed by atoms with Crippen LogP contribution in [0.5, 0.6) is 0 Å². The molecule has 0 aliphatic carbocycles. The summed E-state index contributed by atoms with van der Waals surface area (Å²) in [6, 6.07) is 3.44. The van der Waals surface area contributed by atoms with Gasteiger partial charge in [0.1, 0.15) is 4.60 Å². The van der Waals surface area contributed by atoms with Crippen molar-refractivity contribution in [3.05, 3.63) is 28.5 Å². The van der Waals surface area contributed by atoms with E-state index < -0.39 is 0 Å². The second kappa shape index (κ2) is 8.23. The second-order valence-corrected chi connectivity index (χ2v) is 4.73. The molecule has 0 saturated heterocycles. The number of hydrogen-bond acceptors (Lipinski definition) is 3. The van der Waals surface area contributed by atoms with Gasteiger partial charge in [-0.15, -0.1) is 0 Å². The van der Waals surface area contributed by atoms with Gasteiger partial charge in [-0.05, 0) is 34.5 Å². The van der Waals surface area contributed by atoms with Crippen molar-refractivity contribution in [2.75, 3.05) is 6.61 Å². The highest BCUT2D eigenvalue weighted by molar-refractivity contribution is 9.10. The molecule has 0 bridgehead atoms. The van der Waals surface area contributed by atoms with Gasteiger partial charge in [0.05, 0.1) is 12.2 Å². The molecule has 1 heterocycles. The number of carbonyl (C=O) groups excluding carboxylic acids is 1. The van der Waals surface area contributed by atoms with Crippen LogP contribution in [0, 0.1) is 0 Å². The number of hydrogen-bond donors (Lipinski definition) is 0. The van der Waals surface area contributed by atoms with Gasteiger partial charge in [-0.3, -0.25) is 0 Å². The van der Waals surface area contributed by atoms with E-state index in [0.29, 0.717) is 16.8 Å². The van der Waals surface area contributed by atoms with Crippen LogP contribution in [0.2, 0.25) is 0 Å². The van der Waals surface area contributed by atoms with Crippen LogP contribution in [-0.2, 0) is 4.74 Å². The van der Waals surface area contributed by atoms with Crippen molar-refractivity contribution in [1.82, 2.24) is 4.98 Å². The van der Waals surface area contributed by atoms with Crippen molar-refractivity contribution in [3.8, 4) is 0 Å². The van der Waals surface area contributed by atoms with E-state index in [1.54, 1.807) is 12.1 Å². The number of esters is 1. The van der Waals surface area contributed by atoms with E-state index in [-0.39, 0.29) is 5.97 Å². The summed E-state index contributed by atoms with van der Waals surface area (Å²) in [5.41, 5.74) is 0.502. The molecule has 0 fully saturated rings. The van der Waals surface area contributed by atoms with Gasteiger partial charge in [-0.1, -0.05) is 32.6 Å². The molecule has 0 spiro atoms. The number of halogens is 1. The number of pyridine rings is 1. The Morgan fingerprint density at radius 3 is 2.71 bits per heavy atom. The average Bonchev–Trinajstić information content (AvgIpc) is 2.34. The van der Waals surface area contributed by atoms with Crippen molar-refractivity contribution in [3.63, 3.8) is 0 Å². The summed E-state index contributed by atoms with van der Waals surface area (Å²) in [6.45, 7) is 2.68. The normalized spacial score (nSPS) is 10.2. The van der Waals surface area contributed by atoms with Crippen LogP contribution < -0.4 is 0 Å². The first-order valence-electron chi connectivity index (χ1n) is 6.02. The minimum atomic E-state index is -0.291. The third-order valence-corrected chi connectivity index (χ3v) is 2.91. The summed E-state index contributed by atoms with van der Waals surface area (Å²) in [5, 5.41) is 0. The van der Waals surface area contributed by atoms with Crippen molar-refractivity contribution in [2.24, 2.45) is 0 Å². The van der Waals surface area contributed by atoms with Gasteiger partial charge in [0.2, 0.25) is 0 Å². The van der Waals surface area contributed by atoms with Crippen LogP contribution >= 0.6 is 15.9 Å². The van der Waals surface area contributed by atoms with Crippen LogP contribution in [0.15, 0.2) is 22.9 Å². The van der Waals surface area contributed by atoms with E-state index in [4.69, 9.17) is 4.74 Å². The molecule has 1 rings (SSSR count). The van der Waals surface area contributed by atoms with Gasteiger partial charge in [-0.25, -0.2) is 9.78 Å². The lowest BCUT2D eigenvalue weighted by atomic mass is 10.2. The van der Waals surface area contributed by atoms with Gasteiger partial charge in [0.15, 0.2) is 0 Å². The van der Waals surface area contributed by atoms with Crippen molar-refractivity contribution < 1.29 is 9.53 Å². The average molecular weight is 300 g/mol. The number of carbonyl (C=O) groups is 1. The first-order valence-corrected chi connectivity index (χ1v) is 6.82. The molecule has 0 unspecified atom stereocenters. The van der Waals surface area contributed by atoms with E-state index >= 15 is 0 Å². The van der Waals surface area contributed by atoms with Gasteiger partial charge in [0.25, 0.3) is 0 Å². The van der Waals surface area contributed by atoms with Crippen LogP contribution in [-0.4, -0.2) is 17.6 Å². The molecule has 4 heteroatoms. The van der Waals surface area contributed by atoms with Crippen LogP contribution in [0.25, 0.3) is 0 Å². The quantitative estimate of drug-likeness (QED) is 0.434. The minimum Gasteiger partial charge on any atom is -0.462 e. The lowest BCUT2D eigenvalue weighted by Gasteiger charge is -2.04. The Morgan fingerprint density at radius 1 is 1.29 bits per heavy atom. The summed E-state index contributed by atoms with van der Waals surface area (Å²) < 4.78 is 5.87. The molecular weight excluding hydrogens is 282 g/mol. The molecule has 1 aromatic rings. The van der Waals surface area contributed by atoms with Crippen molar-refractivity contribution in [1.29, 1.82) is 0 Å². The molecule has 0 radical (unpaired) electrons. The largest absolute Gasteiger partial charge is 0.462 e. The smallest absolute Gasteiger partial charge is 0.339 e. The minimum absolute atomic E-state index is 0.291. The van der Waals surface area contributed by atoms with Gasteiger partial charge < -0.3 is 4.74 Å². The number of rotatable bonds is 7. The number of ether oxygens (including phenoxy) is 1. The molecule has 0 atom stereocenters. The summed E-state index contributed by atoms with van der Waals surface area (Å²) >= 11 is 3.22. The highest BCUT2D eigenvalue weighted by atomic mass is 79.9. The number of unbranched alkanes of at least 4 members (excludes halogenated alkanes) is 4. The maximum atomic E-state index is 11.6. The van der Waals surface area contributed by atoms with Gasteiger partial charge in [-0.2, -0.15) is 0 Å². The lowest BCUT2D eigenvalue weighted by Crippen LogP contribution is -2.06. The zero-order chi connectivity index (χ0) is 12.5. The molecule has 0 amide bonds. The third kappa shape index (κ3) is 5.82. The molecule has 3 nitrogen and oxygen atoms in total. The highest BCUT2D eigenvalue weighted by Gasteiger charge is 2.06. The molecule has 0 aliphatic rings. The second-order valence-electron chi connectivity index (χ2n) is 3.92. The molecule has 94 valence electrons. The molecule has 0 aromatic carbocycles. The number of aromatic nitrogens is 1. The first-order chi connectivity index (χ1) is 8.24. The number of nitrogens with zero attached hydrogens (tertiary/aromatic N) is 1. The molecule has 0 saturated carbocycles. The predicted molar refractivity (Wildman–Crippen MR) is 71.0 cm³/mol. The zero-order valence-corrected chi connectivity index (χ0v) is 11.7. The molecule has 1 aromatic heterocycles. The van der Waals surface area contributed by atoms with E-state index in [1.807, 2.05) is 0 Å². The Bertz CT molecular complexity index is 338. The maximum Gasteiger partial charge on any atom is 0.339 e. The SMILES string of the molecule is CCCCCCCOC(=O)c1ccc(Br)nc1. The van der Waals surface area contributed by atoms with E-state index in [2.05, 4.69) is 27.8 Å². The predicted octanol–water partition coefficient (Wildman–Crippen LogP) is 3.97. The Morgan fingerprint density at radius 2 is 2.06 bits per heavy atom. The van der Waals surface area contributed by atoms with Crippen LogP contribution in [0.1, 0.15) is 49.4 Å². The third-order valence-electron chi connectivity index (χ3n) is 2.44. The van der Waals surface area contributed by atoms with Crippen LogP contribution in [0.4, 0.5) is 0 Å². The Kier molecular flexibility index (Phi) is 6.86. The molecule has 17 heavy (non-hydrogen) atoms. The Hall–Kier alpha value is -0.900. The molecule has 0 N–H and O–H groups in total. The Balaban J connectivity index is 2.19. The fraction of sp³-hybridized carbons (Fsp3) is 0.538. The fourth-order valence-electron chi connectivity index (χ4n) is 1.45. The van der Waals surface area contributed by atoms with Gasteiger partial charge in [0, 0.05) is 6.20 Å². The monoisotopic (exact) mass is 299 g/mol. The molecule has 0 aliphatic heterocycles. The summed E-state index contributed by atoms with van der Waals surface area (Å²) in [5.74, 6) is -0.291. The Labute approximate surface area is 111 Å². The lowest BCUT2D eigenvalue weighted by molar-refractivity contribution is 0.0497. The fourth-order valence-corrected chi connectivity index (χ4v) is 1.68. The van der Waals surface area contributed by atoms with E-state index in [1.165, 1.54) is 25.5 Å². The highest BCUT2D eigenvalue weighted by Crippen LogP contribution is 2.08. The summed E-state index contributed by atoms with van der Waals surface area (Å²) in [6.07, 6.45) is 7.28. The van der Waals surface area contributed by atoms with E-state index in [9.17, 15) is 4.79 Å². The van der Waals surface area contributed by atoms with Crippen molar-refractivity contribution in [2.45, 2.75) is 39.0 Å². The van der Waals surface area contributed by atoms with Crippen molar-refractivity contribution >= 4 is 21.9 Å². The van der Waals surface area contributed by atoms with Crippen LogP contribution in [0.3, 0.4) is 0 Å².